The SMILES string of the molecule is CC[C@@H](C)N(Cc1ccccc1)C(=O)c1nc2nccc(C)n2n1. The van der Waals surface area contributed by atoms with Gasteiger partial charge >= 0.3 is 0 Å². The van der Waals surface area contributed by atoms with Crippen LogP contribution in [0, 0.1) is 6.92 Å². The second-order valence-corrected chi connectivity index (χ2v) is 5.91. The molecule has 6 heteroatoms. The van der Waals surface area contributed by atoms with Gasteiger partial charge in [-0.3, -0.25) is 4.79 Å². The van der Waals surface area contributed by atoms with Crippen LogP contribution < -0.4 is 0 Å². The van der Waals surface area contributed by atoms with Crippen LogP contribution in [0.3, 0.4) is 0 Å². The van der Waals surface area contributed by atoms with E-state index in [9.17, 15) is 4.79 Å². The van der Waals surface area contributed by atoms with Gasteiger partial charge in [0.05, 0.1) is 0 Å². The molecule has 0 radical (unpaired) electrons. The number of rotatable bonds is 5. The lowest BCUT2D eigenvalue weighted by molar-refractivity contribution is 0.0659. The zero-order valence-corrected chi connectivity index (χ0v) is 14.2. The average molecular weight is 323 g/mol. The predicted octanol–water partition coefficient (Wildman–Crippen LogP) is 2.87. The molecule has 0 aliphatic carbocycles. The van der Waals surface area contributed by atoms with Crippen LogP contribution in [0.5, 0.6) is 0 Å². The molecular weight excluding hydrogens is 302 g/mol. The van der Waals surface area contributed by atoms with Crippen molar-refractivity contribution in [3.63, 3.8) is 0 Å². The van der Waals surface area contributed by atoms with Crippen molar-refractivity contribution in [2.45, 2.75) is 39.8 Å². The third kappa shape index (κ3) is 3.13. The van der Waals surface area contributed by atoms with E-state index in [1.165, 1.54) is 0 Å². The van der Waals surface area contributed by atoms with E-state index in [-0.39, 0.29) is 17.8 Å². The zero-order valence-electron chi connectivity index (χ0n) is 14.2. The van der Waals surface area contributed by atoms with Crippen LogP contribution in [0.25, 0.3) is 5.78 Å². The quantitative estimate of drug-likeness (QED) is 0.724. The van der Waals surface area contributed by atoms with E-state index < -0.39 is 0 Å². The lowest BCUT2D eigenvalue weighted by Gasteiger charge is -2.27. The Morgan fingerprint density at radius 3 is 2.67 bits per heavy atom. The Morgan fingerprint density at radius 1 is 1.25 bits per heavy atom. The minimum Gasteiger partial charge on any atom is -0.329 e. The van der Waals surface area contributed by atoms with Crippen molar-refractivity contribution in [2.24, 2.45) is 0 Å². The standard InChI is InChI=1S/C18H21N5O/c1-4-13(2)22(12-15-8-6-5-7-9-15)17(24)16-20-18-19-11-10-14(3)23(18)21-16/h5-11,13H,4,12H2,1-3H3/t13-/m1/s1. The van der Waals surface area contributed by atoms with Gasteiger partial charge in [-0.05, 0) is 31.9 Å². The molecule has 0 saturated heterocycles. The van der Waals surface area contributed by atoms with Gasteiger partial charge in [0.2, 0.25) is 5.82 Å². The van der Waals surface area contributed by atoms with Crippen LogP contribution in [0.2, 0.25) is 0 Å². The molecule has 0 unspecified atom stereocenters. The molecule has 0 saturated carbocycles. The summed E-state index contributed by atoms with van der Waals surface area (Å²) in [5.41, 5.74) is 1.98. The van der Waals surface area contributed by atoms with E-state index in [0.29, 0.717) is 12.3 Å². The highest BCUT2D eigenvalue weighted by Gasteiger charge is 2.25. The normalized spacial score (nSPS) is 12.3. The first-order valence-corrected chi connectivity index (χ1v) is 8.13. The van der Waals surface area contributed by atoms with Gasteiger partial charge in [0.1, 0.15) is 0 Å². The van der Waals surface area contributed by atoms with Gasteiger partial charge in [-0.25, -0.2) is 9.50 Å². The Kier molecular flexibility index (Phi) is 4.55. The molecule has 0 spiro atoms. The number of aryl methyl sites for hydroxylation is 1. The summed E-state index contributed by atoms with van der Waals surface area (Å²) in [6.45, 7) is 6.56. The lowest BCUT2D eigenvalue weighted by Crippen LogP contribution is -2.38. The van der Waals surface area contributed by atoms with Crippen molar-refractivity contribution in [1.82, 2.24) is 24.5 Å². The Balaban J connectivity index is 1.93. The van der Waals surface area contributed by atoms with Crippen LogP contribution in [0.1, 0.15) is 42.1 Å². The number of benzene rings is 1. The maximum absolute atomic E-state index is 13.0. The van der Waals surface area contributed by atoms with Crippen LogP contribution in [-0.4, -0.2) is 36.4 Å². The number of amides is 1. The van der Waals surface area contributed by atoms with Crippen molar-refractivity contribution in [3.05, 3.63) is 59.7 Å². The first-order chi connectivity index (χ1) is 11.6. The molecule has 0 fully saturated rings. The summed E-state index contributed by atoms with van der Waals surface area (Å²) in [5.74, 6) is 0.466. The summed E-state index contributed by atoms with van der Waals surface area (Å²) in [5, 5.41) is 4.34. The molecule has 6 nitrogen and oxygen atoms in total. The fraction of sp³-hybridized carbons (Fsp3) is 0.333. The van der Waals surface area contributed by atoms with Crippen LogP contribution in [-0.2, 0) is 6.54 Å². The molecule has 0 aliphatic rings. The summed E-state index contributed by atoms with van der Waals surface area (Å²) in [6, 6.07) is 11.9. The van der Waals surface area contributed by atoms with E-state index in [4.69, 9.17) is 0 Å². The van der Waals surface area contributed by atoms with Gasteiger partial charge in [-0.1, -0.05) is 37.3 Å². The van der Waals surface area contributed by atoms with E-state index in [2.05, 4.69) is 22.0 Å². The van der Waals surface area contributed by atoms with E-state index in [1.807, 2.05) is 55.1 Å². The highest BCUT2D eigenvalue weighted by Crippen LogP contribution is 2.14. The third-order valence-corrected chi connectivity index (χ3v) is 4.20. The average Bonchev–Trinajstić information content (AvgIpc) is 3.05. The minimum absolute atomic E-state index is 0.0957. The number of aromatic nitrogens is 4. The molecule has 2 heterocycles. The molecule has 124 valence electrons. The van der Waals surface area contributed by atoms with Gasteiger partial charge in [0.25, 0.3) is 11.7 Å². The van der Waals surface area contributed by atoms with Crippen molar-refractivity contribution in [3.8, 4) is 0 Å². The molecule has 2 aromatic heterocycles. The second-order valence-electron chi connectivity index (χ2n) is 5.91. The molecule has 1 aromatic carbocycles. The van der Waals surface area contributed by atoms with Gasteiger partial charge in [-0.2, -0.15) is 4.98 Å². The largest absolute Gasteiger partial charge is 0.329 e. The van der Waals surface area contributed by atoms with Crippen LogP contribution >= 0.6 is 0 Å². The number of fused-ring (bicyclic) bond motifs is 1. The number of carbonyl (C=O) groups is 1. The first-order valence-electron chi connectivity index (χ1n) is 8.13. The van der Waals surface area contributed by atoms with E-state index in [1.54, 1.807) is 10.7 Å². The fourth-order valence-electron chi connectivity index (χ4n) is 2.55. The predicted molar refractivity (Wildman–Crippen MR) is 91.6 cm³/mol. The molecule has 1 amide bonds. The zero-order chi connectivity index (χ0) is 17.1. The van der Waals surface area contributed by atoms with Crippen LogP contribution in [0.15, 0.2) is 42.6 Å². The summed E-state index contributed by atoms with van der Waals surface area (Å²) in [4.78, 5) is 23.3. The number of carbonyl (C=O) groups excluding carboxylic acids is 1. The number of hydrogen-bond donors (Lipinski definition) is 0. The molecule has 3 aromatic rings. The lowest BCUT2D eigenvalue weighted by atomic mass is 10.1. The number of nitrogens with zero attached hydrogens (tertiary/aromatic N) is 5. The smallest absolute Gasteiger partial charge is 0.294 e. The highest BCUT2D eigenvalue weighted by atomic mass is 16.2. The van der Waals surface area contributed by atoms with Crippen molar-refractivity contribution >= 4 is 11.7 Å². The molecule has 0 aliphatic heterocycles. The molecular formula is C18H21N5O. The Hall–Kier alpha value is -2.76. The van der Waals surface area contributed by atoms with Crippen molar-refractivity contribution in [1.29, 1.82) is 0 Å². The molecule has 0 N–H and O–H groups in total. The van der Waals surface area contributed by atoms with E-state index >= 15 is 0 Å². The number of hydrogen-bond acceptors (Lipinski definition) is 4. The molecule has 1 atom stereocenters. The maximum atomic E-state index is 13.0. The van der Waals surface area contributed by atoms with Gasteiger partial charge < -0.3 is 4.90 Å². The second kappa shape index (κ2) is 6.78. The summed E-state index contributed by atoms with van der Waals surface area (Å²) in [7, 11) is 0. The van der Waals surface area contributed by atoms with Crippen LogP contribution in [0.4, 0.5) is 0 Å². The topological polar surface area (TPSA) is 63.4 Å². The summed E-state index contributed by atoms with van der Waals surface area (Å²) in [6.07, 6.45) is 2.53. The Labute approximate surface area is 141 Å². The van der Waals surface area contributed by atoms with Crippen molar-refractivity contribution in [2.75, 3.05) is 0 Å². The minimum atomic E-state index is -0.168. The van der Waals surface area contributed by atoms with Gasteiger partial charge in [0.15, 0.2) is 0 Å². The van der Waals surface area contributed by atoms with Crippen molar-refractivity contribution < 1.29 is 4.79 Å². The molecule has 24 heavy (non-hydrogen) atoms. The maximum Gasteiger partial charge on any atom is 0.294 e. The Morgan fingerprint density at radius 2 is 2.00 bits per heavy atom. The molecule has 0 bridgehead atoms. The summed E-state index contributed by atoms with van der Waals surface area (Å²) < 4.78 is 1.60. The third-order valence-electron chi connectivity index (χ3n) is 4.20. The first kappa shape index (κ1) is 16.1. The van der Waals surface area contributed by atoms with E-state index in [0.717, 1.165) is 17.7 Å². The fourth-order valence-corrected chi connectivity index (χ4v) is 2.55. The highest BCUT2D eigenvalue weighted by molar-refractivity contribution is 5.91. The molecule has 3 rings (SSSR count). The Bertz CT molecular complexity index is 843. The monoisotopic (exact) mass is 323 g/mol. The summed E-state index contributed by atoms with van der Waals surface area (Å²) >= 11 is 0. The van der Waals surface area contributed by atoms with Gasteiger partial charge in [-0.15, -0.1) is 5.10 Å². The van der Waals surface area contributed by atoms with Gasteiger partial charge in [0, 0.05) is 24.5 Å².